The molecule has 1 atom stereocenters. The molecule has 0 spiro atoms. The Morgan fingerprint density at radius 2 is 2.06 bits per heavy atom. The highest BCUT2D eigenvalue weighted by atomic mass is 16.5. The van der Waals surface area contributed by atoms with Crippen molar-refractivity contribution in [3.63, 3.8) is 0 Å². The lowest BCUT2D eigenvalue weighted by atomic mass is 10.2. The van der Waals surface area contributed by atoms with Crippen LogP contribution < -0.4 is 0 Å². The van der Waals surface area contributed by atoms with Crippen LogP contribution in [0.25, 0.3) is 0 Å². The van der Waals surface area contributed by atoms with Crippen LogP contribution >= 0.6 is 0 Å². The Kier molecular flexibility index (Phi) is 10.8. The van der Waals surface area contributed by atoms with E-state index in [1.54, 1.807) is 18.1 Å². The van der Waals surface area contributed by atoms with E-state index in [0.717, 1.165) is 6.42 Å². The van der Waals surface area contributed by atoms with E-state index in [2.05, 4.69) is 0 Å². The van der Waals surface area contributed by atoms with Crippen LogP contribution in [0.2, 0.25) is 0 Å². The number of ether oxygens (including phenoxy) is 2. The predicted molar refractivity (Wildman–Crippen MR) is 69.8 cm³/mol. The van der Waals surface area contributed by atoms with Gasteiger partial charge in [-0.1, -0.05) is 31.2 Å². The molecule has 0 saturated carbocycles. The van der Waals surface area contributed by atoms with Gasteiger partial charge in [-0.05, 0) is 6.42 Å². The molecule has 0 fully saturated rings. The van der Waals surface area contributed by atoms with Gasteiger partial charge < -0.3 is 9.47 Å². The summed E-state index contributed by atoms with van der Waals surface area (Å²) in [6.45, 7) is 4.35. The molecule has 0 radical (unpaired) electrons. The molecule has 4 nitrogen and oxygen atoms in total. The fourth-order valence-corrected chi connectivity index (χ4v) is 1.17. The van der Waals surface area contributed by atoms with E-state index < -0.39 is 0 Å². The lowest BCUT2D eigenvalue weighted by Gasteiger charge is -2.11. The second kappa shape index (κ2) is 11.8. The number of esters is 1. The summed E-state index contributed by atoms with van der Waals surface area (Å²) in [5, 5.41) is 0. The van der Waals surface area contributed by atoms with Gasteiger partial charge in [0, 0.05) is 19.4 Å². The maximum atomic E-state index is 10.5. The van der Waals surface area contributed by atoms with E-state index in [0.29, 0.717) is 19.6 Å². The number of allylic oxidation sites excluding steroid dienone is 4. The fraction of sp³-hybridized carbons (Fsp3) is 0.500. The van der Waals surface area contributed by atoms with Crippen LogP contribution in [0.5, 0.6) is 0 Å². The molecule has 0 N–H and O–H groups in total. The Balaban J connectivity index is 3.76. The number of carbonyl (C=O) groups excluding carboxylic acids is 2. The molecule has 0 aliphatic rings. The molecule has 0 aromatic rings. The summed E-state index contributed by atoms with van der Waals surface area (Å²) in [7, 11) is 0. The lowest BCUT2D eigenvalue weighted by Crippen LogP contribution is -2.11. The zero-order valence-electron chi connectivity index (χ0n) is 10.9. The number of carbonyl (C=O) groups is 1. The molecule has 0 saturated heterocycles. The van der Waals surface area contributed by atoms with Gasteiger partial charge in [-0.3, -0.25) is 4.79 Å². The molecule has 0 aromatic heterocycles. The summed E-state index contributed by atoms with van der Waals surface area (Å²) in [6, 6.07) is 0. The predicted octanol–water partition coefficient (Wildman–Crippen LogP) is 2.24. The Morgan fingerprint density at radius 1 is 1.28 bits per heavy atom. The van der Waals surface area contributed by atoms with Crippen LogP contribution in [-0.4, -0.2) is 31.2 Å². The zero-order chi connectivity index (χ0) is 13.6. The summed E-state index contributed by atoms with van der Waals surface area (Å²) in [5.41, 5.74) is 0. The SMILES string of the molecule is CCC(/C=C/C=C/C=C=O)OCCCOC(C)=O. The summed E-state index contributed by atoms with van der Waals surface area (Å²) in [5.74, 6) is 1.39. The highest BCUT2D eigenvalue weighted by molar-refractivity contribution is 5.65. The molecular weight excluding hydrogens is 232 g/mol. The normalized spacial score (nSPS) is 12.6. The Labute approximate surface area is 108 Å². The second-order valence-corrected chi connectivity index (χ2v) is 3.57. The second-order valence-electron chi connectivity index (χ2n) is 3.57. The molecule has 0 aromatic carbocycles. The van der Waals surface area contributed by atoms with Crippen molar-refractivity contribution in [1.82, 2.24) is 0 Å². The number of hydrogen-bond donors (Lipinski definition) is 0. The average molecular weight is 252 g/mol. The van der Waals surface area contributed by atoms with Gasteiger partial charge >= 0.3 is 5.97 Å². The molecule has 0 heterocycles. The molecule has 100 valence electrons. The largest absolute Gasteiger partial charge is 0.466 e. The van der Waals surface area contributed by atoms with Crippen molar-refractivity contribution in [1.29, 1.82) is 0 Å². The first kappa shape index (κ1) is 16.4. The highest BCUT2D eigenvalue weighted by Crippen LogP contribution is 2.01. The molecule has 1 unspecified atom stereocenters. The van der Waals surface area contributed by atoms with Gasteiger partial charge in [0.15, 0.2) is 0 Å². The third-order valence-electron chi connectivity index (χ3n) is 2.04. The van der Waals surface area contributed by atoms with Gasteiger partial charge in [0.1, 0.15) is 5.94 Å². The van der Waals surface area contributed by atoms with Crippen LogP contribution in [0, 0.1) is 0 Å². The topological polar surface area (TPSA) is 52.6 Å². The minimum absolute atomic E-state index is 0.0344. The number of rotatable bonds is 9. The number of hydrogen-bond acceptors (Lipinski definition) is 4. The van der Waals surface area contributed by atoms with Crippen molar-refractivity contribution in [3.05, 3.63) is 30.4 Å². The van der Waals surface area contributed by atoms with Gasteiger partial charge in [-0.2, -0.15) is 0 Å². The molecule has 0 aliphatic heterocycles. The fourth-order valence-electron chi connectivity index (χ4n) is 1.17. The molecule has 0 bridgehead atoms. The minimum Gasteiger partial charge on any atom is -0.466 e. The van der Waals surface area contributed by atoms with Crippen LogP contribution in [0.15, 0.2) is 30.4 Å². The van der Waals surface area contributed by atoms with Crippen molar-refractivity contribution >= 4 is 11.9 Å². The quantitative estimate of drug-likeness (QED) is 0.273. The van der Waals surface area contributed by atoms with Gasteiger partial charge in [-0.15, -0.1) is 0 Å². The summed E-state index contributed by atoms with van der Waals surface area (Å²) in [6.07, 6.45) is 9.98. The zero-order valence-corrected chi connectivity index (χ0v) is 10.9. The van der Waals surface area contributed by atoms with Crippen LogP contribution in [0.1, 0.15) is 26.7 Å². The average Bonchev–Trinajstić information content (AvgIpc) is 2.35. The van der Waals surface area contributed by atoms with E-state index >= 15 is 0 Å². The van der Waals surface area contributed by atoms with Gasteiger partial charge in [0.05, 0.1) is 19.3 Å². The van der Waals surface area contributed by atoms with E-state index in [1.165, 1.54) is 13.0 Å². The van der Waals surface area contributed by atoms with E-state index in [4.69, 9.17) is 9.47 Å². The van der Waals surface area contributed by atoms with Crippen molar-refractivity contribution < 1.29 is 19.1 Å². The molecule has 0 aliphatic carbocycles. The molecule has 18 heavy (non-hydrogen) atoms. The monoisotopic (exact) mass is 252 g/mol. The van der Waals surface area contributed by atoms with Crippen LogP contribution in [0.3, 0.4) is 0 Å². The third-order valence-corrected chi connectivity index (χ3v) is 2.04. The lowest BCUT2D eigenvalue weighted by molar-refractivity contribution is -0.141. The van der Waals surface area contributed by atoms with Crippen LogP contribution in [-0.2, 0) is 19.1 Å². The Bertz CT molecular complexity index is 325. The van der Waals surface area contributed by atoms with Crippen molar-refractivity contribution in [3.8, 4) is 0 Å². The highest BCUT2D eigenvalue weighted by Gasteiger charge is 2.01. The molecule has 0 rings (SSSR count). The first-order valence-electron chi connectivity index (χ1n) is 6.00. The maximum absolute atomic E-state index is 10.5. The Morgan fingerprint density at radius 3 is 2.67 bits per heavy atom. The smallest absolute Gasteiger partial charge is 0.302 e. The molecule has 0 amide bonds. The Hall–Kier alpha value is -1.64. The molecule has 4 heteroatoms. The third kappa shape index (κ3) is 10.9. The van der Waals surface area contributed by atoms with E-state index in [1.807, 2.05) is 19.1 Å². The maximum Gasteiger partial charge on any atom is 0.302 e. The van der Waals surface area contributed by atoms with Gasteiger partial charge in [0.25, 0.3) is 0 Å². The first-order valence-corrected chi connectivity index (χ1v) is 6.00. The van der Waals surface area contributed by atoms with E-state index in [-0.39, 0.29) is 12.1 Å². The van der Waals surface area contributed by atoms with Crippen molar-refractivity contribution in [2.24, 2.45) is 0 Å². The van der Waals surface area contributed by atoms with Crippen LogP contribution in [0.4, 0.5) is 0 Å². The van der Waals surface area contributed by atoms with Crippen molar-refractivity contribution in [2.45, 2.75) is 32.8 Å². The minimum atomic E-state index is -0.268. The summed E-state index contributed by atoms with van der Waals surface area (Å²) < 4.78 is 10.4. The summed E-state index contributed by atoms with van der Waals surface area (Å²) >= 11 is 0. The van der Waals surface area contributed by atoms with Gasteiger partial charge in [-0.25, -0.2) is 4.79 Å². The standard InChI is InChI=1S/C14H20O4/c1-3-14(9-6-4-5-7-10-15)18-12-8-11-17-13(2)16/h4-7,9,14H,3,8,11-12H2,1-2H3/b5-4+,9-6+. The van der Waals surface area contributed by atoms with E-state index in [9.17, 15) is 9.59 Å². The van der Waals surface area contributed by atoms with Crippen molar-refractivity contribution in [2.75, 3.05) is 13.2 Å². The summed E-state index contributed by atoms with van der Waals surface area (Å²) in [4.78, 5) is 20.4. The van der Waals surface area contributed by atoms with Gasteiger partial charge in [0.2, 0.25) is 0 Å². The first-order chi connectivity index (χ1) is 8.70. The molecular formula is C14H20O4.